The van der Waals surface area contributed by atoms with Gasteiger partial charge >= 0.3 is 5.97 Å². The van der Waals surface area contributed by atoms with Crippen LogP contribution < -0.4 is 4.74 Å². The van der Waals surface area contributed by atoms with Gasteiger partial charge in [-0.3, -0.25) is 10.1 Å². The van der Waals surface area contributed by atoms with Crippen LogP contribution in [-0.4, -0.2) is 16.8 Å². The highest BCUT2D eigenvalue weighted by Gasteiger charge is 2.26. The normalized spacial score (nSPS) is 14.2. The molecule has 0 saturated carbocycles. The molecule has 3 aromatic carbocycles. The number of rotatable bonds is 6. The summed E-state index contributed by atoms with van der Waals surface area (Å²) in [4.78, 5) is 26.8. The van der Waals surface area contributed by atoms with Crippen LogP contribution >= 0.6 is 11.6 Å². The van der Waals surface area contributed by atoms with Crippen molar-refractivity contribution in [2.75, 3.05) is 0 Å². The van der Waals surface area contributed by atoms with E-state index in [-0.39, 0.29) is 22.3 Å². The molecule has 4 rings (SSSR count). The first-order valence-corrected chi connectivity index (χ1v) is 10.0. The van der Waals surface area contributed by atoms with Gasteiger partial charge in [-0.25, -0.2) is 9.79 Å². The van der Waals surface area contributed by atoms with E-state index in [1.165, 1.54) is 18.2 Å². The largest absolute Gasteiger partial charge is 0.489 e. The van der Waals surface area contributed by atoms with E-state index in [1.807, 2.05) is 49.4 Å². The fraction of sp³-hybridized carbons (Fsp3) is 0.0833. The van der Waals surface area contributed by atoms with Crippen LogP contribution in [0.25, 0.3) is 6.08 Å². The third-order valence-corrected chi connectivity index (χ3v) is 5.14. The first-order chi connectivity index (χ1) is 15.4. The molecule has 0 fully saturated rings. The Morgan fingerprint density at radius 2 is 1.94 bits per heavy atom. The number of nitrogens with zero attached hydrogens (tertiary/aromatic N) is 2. The number of aliphatic imine (C=N–C) groups is 1. The number of esters is 1. The summed E-state index contributed by atoms with van der Waals surface area (Å²) < 4.78 is 11.1. The number of hydrogen-bond acceptors (Lipinski definition) is 6. The topological polar surface area (TPSA) is 91.0 Å². The first-order valence-electron chi connectivity index (χ1n) is 9.65. The maximum absolute atomic E-state index is 12.3. The first kappa shape index (κ1) is 21.3. The fourth-order valence-corrected chi connectivity index (χ4v) is 3.36. The summed E-state index contributed by atoms with van der Waals surface area (Å²) in [5, 5.41) is 10.9. The van der Waals surface area contributed by atoms with Gasteiger partial charge in [0.15, 0.2) is 5.70 Å². The van der Waals surface area contributed by atoms with E-state index in [2.05, 4.69) is 4.99 Å². The number of nitro benzene ring substituents is 1. The molecule has 0 bridgehead atoms. The molecule has 0 aromatic heterocycles. The van der Waals surface area contributed by atoms with Crippen molar-refractivity contribution in [3.63, 3.8) is 0 Å². The van der Waals surface area contributed by atoms with Crippen LogP contribution in [0, 0.1) is 17.0 Å². The average molecular weight is 449 g/mol. The van der Waals surface area contributed by atoms with Gasteiger partial charge in [0.05, 0.1) is 15.5 Å². The quantitative estimate of drug-likeness (QED) is 0.215. The van der Waals surface area contributed by atoms with E-state index in [9.17, 15) is 14.9 Å². The van der Waals surface area contributed by atoms with Crippen molar-refractivity contribution in [1.82, 2.24) is 0 Å². The van der Waals surface area contributed by atoms with E-state index in [0.717, 1.165) is 11.1 Å². The van der Waals surface area contributed by atoms with Gasteiger partial charge in [0.2, 0.25) is 5.90 Å². The third kappa shape index (κ3) is 4.68. The van der Waals surface area contributed by atoms with Crippen LogP contribution in [0.15, 0.2) is 77.4 Å². The van der Waals surface area contributed by atoms with E-state index in [4.69, 9.17) is 21.1 Å². The highest BCUT2D eigenvalue weighted by Crippen LogP contribution is 2.27. The summed E-state index contributed by atoms with van der Waals surface area (Å²) in [5.41, 5.74) is 3.16. The summed E-state index contributed by atoms with van der Waals surface area (Å²) in [6.45, 7) is 2.45. The van der Waals surface area contributed by atoms with E-state index in [1.54, 1.807) is 12.1 Å². The zero-order chi connectivity index (χ0) is 22.7. The smallest absolute Gasteiger partial charge is 0.363 e. The lowest BCUT2D eigenvalue weighted by atomic mass is 10.1. The third-order valence-electron chi connectivity index (χ3n) is 4.83. The zero-order valence-corrected chi connectivity index (χ0v) is 17.7. The Balaban J connectivity index is 1.54. The van der Waals surface area contributed by atoms with Gasteiger partial charge in [0.25, 0.3) is 5.69 Å². The minimum absolute atomic E-state index is 0.00638. The number of hydrogen-bond donors (Lipinski definition) is 0. The van der Waals surface area contributed by atoms with Crippen LogP contribution in [0.1, 0.15) is 22.3 Å². The van der Waals surface area contributed by atoms with Gasteiger partial charge in [0, 0.05) is 12.1 Å². The van der Waals surface area contributed by atoms with E-state index in [0.29, 0.717) is 23.5 Å². The zero-order valence-electron chi connectivity index (χ0n) is 16.9. The second-order valence-electron chi connectivity index (χ2n) is 7.04. The number of ether oxygens (including phenoxy) is 2. The summed E-state index contributed by atoms with van der Waals surface area (Å²) >= 11 is 6.11. The molecule has 0 saturated heterocycles. The second-order valence-corrected chi connectivity index (χ2v) is 7.45. The van der Waals surface area contributed by atoms with Gasteiger partial charge in [-0.05, 0) is 47.9 Å². The number of carbonyl (C=O) groups is 1. The molecule has 0 unspecified atom stereocenters. The number of non-ortho nitro benzene ring substituents is 1. The molecule has 0 spiro atoms. The average Bonchev–Trinajstić information content (AvgIpc) is 3.13. The van der Waals surface area contributed by atoms with E-state index < -0.39 is 10.9 Å². The molecule has 1 aliphatic heterocycles. The summed E-state index contributed by atoms with van der Waals surface area (Å²) in [6, 6.07) is 19.1. The molecule has 7 nitrogen and oxygen atoms in total. The Bertz CT molecular complexity index is 1280. The molecule has 0 N–H and O–H groups in total. The SMILES string of the molecule is Cc1ccccc1COc1cccc(/C=C2\N=C(c3ccc([N+](=O)[O-])cc3Cl)OC2=O)c1. The molecule has 160 valence electrons. The Morgan fingerprint density at radius 3 is 2.69 bits per heavy atom. The molecular formula is C24H17ClN2O5. The van der Waals surface area contributed by atoms with Crippen LogP contribution in [0.2, 0.25) is 5.02 Å². The summed E-state index contributed by atoms with van der Waals surface area (Å²) in [6.07, 6.45) is 1.58. The Hall–Kier alpha value is -3.97. The predicted molar refractivity (Wildman–Crippen MR) is 121 cm³/mol. The fourth-order valence-electron chi connectivity index (χ4n) is 3.10. The highest BCUT2D eigenvalue weighted by atomic mass is 35.5. The van der Waals surface area contributed by atoms with Crippen molar-refractivity contribution in [1.29, 1.82) is 0 Å². The number of aryl methyl sites for hydroxylation is 1. The van der Waals surface area contributed by atoms with Crippen molar-refractivity contribution in [3.05, 3.63) is 110 Å². The van der Waals surface area contributed by atoms with Crippen molar-refractivity contribution >= 4 is 35.2 Å². The number of benzene rings is 3. The molecular weight excluding hydrogens is 432 g/mol. The minimum Gasteiger partial charge on any atom is -0.489 e. The van der Waals surface area contributed by atoms with E-state index >= 15 is 0 Å². The van der Waals surface area contributed by atoms with Crippen LogP contribution in [0.5, 0.6) is 5.75 Å². The van der Waals surface area contributed by atoms with Crippen LogP contribution in [0.3, 0.4) is 0 Å². The van der Waals surface area contributed by atoms with Crippen molar-refractivity contribution in [2.45, 2.75) is 13.5 Å². The van der Waals surface area contributed by atoms with Gasteiger partial charge in [-0.15, -0.1) is 0 Å². The van der Waals surface area contributed by atoms with Crippen LogP contribution in [-0.2, 0) is 16.1 Å². The van der Waals surface area contributed by atoms with Crippen molar-refractivity contribution < 1.29 is 19.2 Å². The number of carbonyl (C=O) groups excluding carboxylic acids is 1. The molecule has 3 aromatic rings. The van der Waals surface area contributed by atoms with Crippen molar-refractivity contribution in [3.8, 4) is 5.75 Å². The van der Waals surface area contributed by atoms with Gasteiger partial charge in [0.1, 0.15) is 12.4 Å². The maximum atomic E-state index is 12.3. The van der Waals surface area contributed by atoms with Gasteiger partial charge in [-0.1, -0.05) is 48.0 Å². The van der Waals surface area contributed by atoms with Crippen molar-refractivity contribution in [2.24, 2.45) is 4.99 Å². The van der Waals surface area contributed by atoms with Gasteiger partial charge in [-0.2, -0.15) is 0 Å². The number of cyclic esters (lactones) is 1. The lowest BCUT2D eigenvalue weighted by Gasteiger charge is -2.09. The second kappa shape index (κ2) is 9.03. The summed E-state index contributed by atoms with van der Waals surface area (Å²) in [7, 11) is 0. The molecule has 32 heavy (non-hydrogen) atoms. The Kier molecular flexibility index (Phi) is 6.00. The predicted octanol–water partition coefficient (Wildman–Crippen LogP) is 5.48. The molecule has 1 aliphatic rings. The molecule has 0 atom stereocenters. The molecule has 0 amide bonds. The Labute approximate surface area is 188 Å². The summed E-state index contributed by atoms with van der Waals surface area (Å²) in [5.74, 6) is 0.00494. The molecule has 8 heteroatoms. The Morgan fingerprint density at radius 1 is 1.12 bits per heavy atom. The lowest BCUT2D eigenvalue weighted by molar-refractivity contribution is -0.384. The molecule has 0 radical (unpaired) electrons. The van der Waals surface area contributed by atoms with Crippen LogP contribution in [0.4, 0.5) is 5.69 Å². The van der Waals surface area contributed by atoms with Gasteiger partial charge < -0.3 is 9.47 Å². The lowest BCUT2D eigenvalue weighted by Crippen LogP contribution is -2.06. The number of nitro groups is 1. The highest BCUT2D eigenvalue weighted by molar-refractivity contribution is 6.34. The number of halogens is 1. The molecule has 1 heterocycles. The minimum atomic E-state index is -0.638. The molecule has 0 aliphatic carbocycles. The standard InChI is InChI=1S/C24H17ClN2O5/c1-15-5-2-3-7-17(15)14-31-19-8-4-6-16(11-19)12-22-24(28)32-23(26-22)20-10-9-18(27(29)30)13-21(20)25/h2-13H,14H2,1H3/b22-12-. The monoisotopic (exact) mass is 448 g/mol. The maximum Gasteiger partial charge on any atom is 0.363 e.